The second-order valence-electron chi connectivity index (χ2n) is 16.9. The predicted octanol–water partition coefficient (Wildman–Crippen LogP) is 17.5. The standard InChI is InChI=1S/C62H40N2O/c1-2-13-50-44(12-1)28-29-47-40-46(34-39-51(47)50)43-32-37-49(38-33-43)63(59-21-11-23-61-62(59)55-17-6-10-22-60(55)65-61)48-35-30-42(31-36-48)41-24-26-45(27-25-41)52-14-3-7-18-56(52)64-57-19-8-4-15-53(57)54-16-5-9-20-58(54)64/h1-40H. The Balaban J connectivity index is 0.867. The van der Waals surface area contributed by atoms with Crippen LogP contribution < -0.4 is 4.90 Å². The zero-order valence-electron chi connectivity index (χ0n) is 35.4. The van der Waals surface area contributed by atoms with Gasteiger partial charge in [-0.1, -0.05) is 176 Å². The first-order valence-corrected chi connectivity index (χ1v) is 22.2. The Morgan fingerprint density at radius 2 is 0.831 bits per heavy atom. The molecule has 0 amide bonds. The summed E-state index contributed by atoms with van der Waals surface area (Å²) in [5.41, 5.74) is 15.6. The monoisotopic (exact) mass is 828 g/mol. The van der Waals surface area contributed by atoms with E-state index in [2.05, 4.69) is 240 Å². The van der Waals surface area contributed by atoms with Crippen LogP contribution >= 0.6 is 0 Å². The molecule has 0 saturated carbocycles. The fraction of sp³-hybridized carbons (Fsp3) is 0. The van der Waals surface area contributed by atoms with E-state index in [0.717, 1.165) is 50.1 Å². The third-order valence-electron chi connectivity index (χ3n) is 13.2. The van der Waals surface area contributed by atoms with E-state index in [4.69, 9.17) is 4.42 Å². The van der Waals surface area contributed by atoms with Crippen LogP contribution in [0.25, 0.3) is 104 Å². The van der Waals surface area contributed by atoms with Gasteiger partial charge < -0.3 is 13.9 Å². The summed E-state index contributed by atoms with van der Waals surface area (Å²) < 4.78 is 8.82. The smallest absolute Gasteiger partial charge is 0.137 e. The SMILES string of the molecule is c1ccc(-n2c3ccccc3c3ccccc32)c(-c2ccc(-c3ccc(N(c4ccc(-c5ccc6c(ccc7ccccc76)c5)cc4)c4cccc5oc6ccccc6c45)cc3)cc2)c1. The maximum Gasteiger partial charge on any atom is 0.137 e. The predicted molar refractivity (Wildman–Crippen MR) is 274 cm³/mol. The van der Waals surface area contributed by atoms with Crippen LogP contribution in [0.5, 0.6) is 0 Å². The van der Waals surface area contributed by atoms with Crippen LogP contribution in [0.1, 0.15) is 0 Å². The van der Waals surface area contributed by atoms with Crippen molar-refractivity contribution in [1.82, 2.24) is 4.57 Å². The lowest BCUT2D eigenvalue weighted by Crippen LogP contribution is -2.10. The van der Waals surface area contributed by atoms with Crippen LogP contribution in [-0.2, 0) is 0 Å². The summed E-state index contributed by atoms with van der Waals surface area (Å²) in [5, 5.41) is 9.77. The summed E-state index contributed by atoms with van der Waals surface area (Å²) in [7, 11) is 0. The van der Waals surface area contributed by atoms with Crippen molar-refractivity contribution in [2.45, 2.75) is 0 Å². The molecule has 3 heteroatoms. The summed E-state index contributed by atoms with van der Waals surface area (Å²) >= 11 is 0. The molecule has 2 aromatic heterocycles. The molecule has 13 aromatic rings. The van der Waals surface area contributed by atoms with Gasteiger partial charge >= 0.3 is 0 Å². The molecule has 0 N–H and O–H groups in total. The van der Waals surface area contributed by atoms with Crippen LogP contribution in [0.3, 0.4) is 0 Å². The molecule has 2 heterocycles. The van der Waals surface area contributed by atoms with Crippen molar-refractivity contribution in [3.05, 3.63) is 243 Å². The van der Waals surface area contributed by atoms with Crippen molar-refractivity contribution in [3.8, 4) is 39.1 Å². The first-order valence-electron chi connectivity index (χ1n) is 22.2. The van der Waals surface area contributed by atoms with Gasteiger partial charge in [0.15, 0.2) is 0 Å². The van der Waals surface area contributed by atoms with E-state index in [1.165, 1.54) is 71.3 Å². The van der Waals surface area contributed by atoms with E-state index in [1.54, 1.807) is 0 Å². The average molecular weight is 829 g/mol. The second kappa shape index (κ2) is 15.0. The Bertz CT molecular complexity index is 3880. The highest BCUT2D eigenvalue weighted by molar-refractivity contribution is 6.14. The van der Waals surface area contributed by atoms with Gasteiger partial charge in [0.05, 0.1) is 27.8 Å². The van der Waals surface area contributed by atoms with Crippen molar-refractivity contribution in [2.24, 2.45) is 0 Å². The van der Waals surface area contributed by atoms with E-state index in [0.29, 0.717) is 0 Å². The molecule has 0 aliphatic heterocycles. The molecule has 0 radical (unpaired) electrons. The molecular formula is C62H40N2O. The fourth-order valence-electron chi connectivity index (χ4n) is 10.1. The summed E-state index contributed by atoms with van der Waals surface area (Å²) in [4.78, 5) is 2.36. The topological polar surface area (TPSA) is 21.3 Å². The van der Waals surface area contributed by atoms with Crippen molar-refractivity contribution in [3.63, 3.8) is 0 Å². The third kappa shape index (κ3) is 6.12. The molecule has 0 unspecified atom stereocenters. The zero-order valence-corrected chi connectivity index (χ0v) is 35.4. The molecule has 0 saturated heterocycles. The molecule has 304 valence electrons. The molecule has 11 aromatic carbocycles. The number of nitrogens with zero attached hydrogens (tertiary/aromatic N) is 2. The highest BCUT2D eigenvalue weighted by Gasteiger charge is 2.20. The summed E-state index contributed by atoms with van der Waals surface area (Å²) in [6.45, 7) is 0. The molecule has 0 aliphatic rings. The Hall–Kier alpha value is -8.66. The third-order valence-corrected chi connectivity index (χ3v) is 13.2. The van der Waals surface area contributed by atoms with Crippen molar-refractivity contribution >= 4 is 82.4 Å². The van der Waals surface area contributed by atoms with E-state index >= 15 is 0 Å². The number of benzene rings is 11. The number of fused-ring (bicyclic) bond motifs is 9. The Morgan fingerprint density at radius 1 is 0.323 bits per heavy atom. The number of anilines is 3. The molecule has 0 spiro atoms. The molecule has 0 atom stereocenters. The highest BCUT2D eigenvalue weighted by Crippen LogP contribution is 2.44. The Labute approximate surface area is 376 Å². The number of para-hydroxylation sites is 4. The quantitative estimate of drug-likeness (QED) is 0.149. The van der Waals surface area contributed by atoms with E-state index in [9.17, 15) is 0 Å². The van der Waals surface area contributed by atoms with Crippen LogP contribution in [0.2, 0.25) is 0 Å². The summed E-state index contributed by atoms with van der Waals surface area (Å²) in [6.07, 6.45) is 0. The first kappa shape index (κ1) is 36.9. The summed E-state index contributed by atoms with van der Waals surface area (Å²) in [6, 6.07) is 87.6. The van der Waals surface area contributed by atoms with Crippen molar-refractivity contribution < 1.29 is 4.42 Å². The maximum absolute atomic E-state index is 6.41. The molecule has 3 nitrogen and oxygen atoms in total. The molecule has 65 heavy (non-hydrogen) atoms. The Morgan fingerprint density at radius 3 is 1.55 bits per heavy atom. The number of rotatable bonds is 7. The molecule has 13 rings (SSSR count). The molecule has 0 aliphatic carbocycles. The molecular weight excluding hydrogens is 789 g/mol. The maximum atomic E-state index is 6.41. The summed E-state index contributed by atoms with van der Waals surface area (Å²) in [5.74, 6) is 0. The lowest BCUT2D eigenvalue weighted by atomic mass is 9.97. The lowest BCUT2D eigenvalue weighted by molar-refractivity contribution is 0.669. The van der Waals surface area contributed by atoms with Crippen LogP contribution in [0.15, 0.2) is 247 Å². The minimum absolute atomic E-state index is 0.866. The van der Waals surface area contributed by atoms with E-state index in [-0.39, 0.29) is 0 Å². The van der Waals surface area contributed by atoms with Gasteiger partial charge in [-0.2, -0.15) is 0 Å². The normalized spacial score (nSPS) is 11.7. The number of hydrogen-bond donors (Lipinski definition) is 0. The fourth-order valence-corrected chi connectivity index (χ4v) is 10.1. The van der Waals surface area contributed by atoms with Gasteiger partial charge in [-0.3, -0.25) is 0 Å². The van der Waals surface area contributed by atoms with Crippen LogP contribution in [-0.4, -0.2) is 4.57 Å². The van der Waals surface area contributed by atoms with Crippen molar-refractivity contribution in [1.29, 1.82) is 0 Å². The van der Waals surface area contributed by atoms with Gasteiger partial charge in [-0.05, 0) is 116 Å². The van der Waals surface area contributed by atoms with Gasteiger partial charge in [0.2, 0.25) is 0 Å². The lowest BCUT2D eigenvalue weighted by Gasteiger charge is -2.26. The molecule has 0 bridgehead atoms. The number of furan rings is 1. The van der Waals surface area contributed by atoms with Gasteiger partial charge in [0.25, 0.3) is 0 Å². The minimum Gasteiger partial charge on any atom is -0.456 e. The van der Waals surface area contributed by atoms with E-state index in [1.807, 2.05) is 12.1 Å². The van der Waals surface area contributed by atoms with Gasteiger partial charge in [0, 0.05) is 33.1 Å². The molecule has 0 fully saturated rings. The number of hydrogen-bond acceptors (Lipinski definition) is 2. The van der Waals surface area contributed by atoms with E-state index < -0.39 is 0 Å². The van der Waals surface area contributed by atoms with Gasteiger partial charge in [-0.25, -0.2) is 0 Å². The van der Waals surface area contributed by atoms with Crippen LogP contribution in [0, 0.1) is 0 Å². The van der Waals surface area contributed by atoms with Gasteiger partial charge in [-0.15, -0.1) is 0 Å². The zero-order chi connectivity index (χ0) is 42.8. The van der Waals surface area contributed by atoms with Crippen molar-refractivity contribution in [2.75, 3.05) is 4.90 Å². The largest absolute Gasteiger partial charge is 0.456 e. The van der Waals surface area contributed by atoms with Gasteiger partial charge in [0.1, 0.15) is 11.2 Å². The van der Waals surface area contributed by atoms with Crippen LogP contribution in [0.4, 0.5) is 17.1 Å². The number of aromatic nitrogens is 1. The second-order valence-corrected chi connectivity index (χ2v) is 16.9. The first-order chi connectivity index (χ1) is 32.2. The Kier molecular flexibility index (Phi) is 8.53. The highest BCUT2D eigenvalue weighted by atomic mass is 16.3. The minimum atomic E-state index is 0.866. The average Bonchev–Trinajstić information content (AvgIpc) is 3.93.